The maximum absolute atomic E-state index is 12.1. The fraction of sp³-hybridized carbons (Fsp3) is 0.480. The number of nitrogens with zero attached hydrogens (tertiary/aromatic N) is 6. The molecule has 2 aromatic heterocycles. The van der Waals surface area contributed by atoms with Crippen molar-refractivity contribution >= 4 is 45.9 Å². The zero-order chi connectivity index (χ0) is 24.9. The number of carbonyl (C=O) groups is 1. The largest absolute Gasteiger partial charge is 0.338 e. The molecule has 0 unspecified atom stereocenters. The number of aromatic nitrogens is 4. The van der Waals surface area contributed by atoms with Gasteiger partial charge in [0.1, 0.15) is 5.78 Å². The van der Waals surface area contributed by atoms with Crippen LogP contribution in [0.15, 0.2) is 40.5 Å². The third-order valence-electron chi connectivity index (χ3n) is 5.86. The van der Waals surface area contributed by atoms with Gasteiger partial charge in [0, 0.05) is 54.5 Å². The summed E-state index contributed by atoms with van der Waals surface area (Å²) in [5.41, 5.74) is 1.02. The van der Waals surface area contributed by atoms with Gasteiger partial charge in [-0.1, -0.05) is 39.8 Å². The fourth-order valence-corrected chi connectivity index (χ4v) is 5.04. The quantitative estimate of drug-likeness (QED) is 0.432. The number of ketones is 1. The molecule has 1 aliphatic heterocycles. The summed E-state index contributed by atoms with van der Waals surface area (Å²) in [7, 11) is 2.13. The van der Waals surface area contributed by atoms with Crippen LogP contribution in [-0.4, -0.2) is 63.8 Å². The first-order valence-electron chi connectivity index (χ1n) is 12.0. The second-order valence-electron chi connectivity index (χ2n) is 9.42. The van der Waals surface area contributed by atoms with Crippen LogP contribution < -0.4 is 10.2 Å². The maximum atomic E-state index is 12.1. The van der Waals surface area contributed by atoms with Crippen molar-refractivity contribution in [3.63, 3.8) is 0 Å². The van der Waals surface area contributed by atoms with E-state index in [2.05, 4.69) is 46.0 Å². The number of carbonyl (C=O) groups excluding carboxylic acids is 1. The van der Waals surface area contributed by atoms with Gasteiger partial charge in [0.05, 0.1) is 0 Å². The Hall–Kier alpha value is -2.56. The molecule has 10 heteroatoms. The van der Waals surface area contributed by atoms with Crippen LogP contribution in [0.4, 0.5) is 17.0 Å². The molecule has 4 rings (SSSR count). The van der Waals surface area contributed by atoms with Crippen molar-refractivity contribution in [1.29, 1.82) is 0 Å². The average Bonchev–Trinajstić information content (AvgIpc) is 3.29. The topological polar surface area (TPSA) is 87.1 Å². The van der Waals surface area contributed by atoms with Crippen molar-refractivity contribution in [2.75, 3.05) is 43.4 Å². The Labute approximate surface area is 215 Å². The monoisotopic (exact) mass is 511 g/mol. The minimum Gasteiger partial charge on any atom is -0.338 e. The molecule has 0 amide bonds. The van der Waals surface area contributed by atoms with Crippen LogP contribution in [-0.2, 0) is 11.2 Å². The van der Waals surface area contributed by atoms with Gasteiger partial charge in [-0.25, -0.2) is 4.98 Å². The lowest BCUT2D eigenvalue weighted by Gasteiger charge is -2.32. The van der Waals surface area contributed by atoms with Crippen LogP contribution in [0.1, 0.15) is 44.1 Å². The number of nitrogens with one attached hydrogen (secondary N) is 1. The van der Waals surface area contributed by atoms with E-state index in [1.165, 1.54) is 16.6 Å². The molecule has 0 saturated carbocycles. The van der Waals surface area contributed by atoms with E-state index in [4.69, 9.17) is 9.97 Å². The SMILES string of the molecule is CC(C)C(=O)Cc1ccc(Sc2nc(Nc3ncc(C(C)C)s3)nc(N3CCN(C)CC3)n2)cc1. The van der Waals surface area contributed by atoms with Crippen LogP contribution in [0.5, 0.6) is 0 Å². The summed E-state index contributed by atoms with van der Waals surface area (Å²) in [6, 6.07) is 8.06. The second kappa shape index (κ2) is 11.5. The number of hydrogen-bond acceptors (Lipinski definition) is 10. The summed E-state index contributed by atoms with van der Waals surface area (Å²) < 4.78 is 0. The number of likely N-dealkylation sites (N-methyl/N-ethyl adjacent to an activating group) is 1. The molecule has 0 spiro atoms. The Morgan fingerprint density at radius 3 is 2.40 bits per heavy atom. The number of rotatable bonds is 9. The van der Waals surface area contributed by atoms with Gasteiger partial charge in [-0.3, -0.25) is 10.1 Å². The third kappa shape index (κ3) is 6.99. The van der Waals surface area contributed by atoms with Gasteiger partial charge in [-0.05, 0) is 42.4 Å². The van der Waals surface area contributed by atoms with E-state index in [-0.39, 0.29) is 11.7 Å². The maximum Gasteiger partial charge on any atom is 0.234 e. The standard InChI is InChI=1S/C25H33N7OS2/c1-16(2)20(33)14-18-6-8-19(9-7-18)34-25-29-22(28-24-26-15-21(35-24)17(3)4)27-23(30-25)32-12-10-31(5)11-13-32/h6-9,15-17H,10-14H2,1-5H3,(H,26,27,28,29,30). The normalized spacial score (nSPS) is 14.7. The minimum atomic E-state index is 0.0441. The van der Waals surface area contributed by atoms with E-state index in [1.807, 2.05) is 44.3 Å². The lowest BCUT2D eigenvalue weighted by molar-refractivity contribution is -0.121. The summed E-state index contributed by atoms with van der Waals surface area (Å²) in [6.07, 6.45) is 2.36. The summed E-state index contributed by atoms with van der Waals surface area (Å²) in [5.74, 6) is 1.89. The molecule has 0 atom stereocenters. The van der Waals surface area contributed by atoms with Crippen LogP contribution >= 0.6 is 23.1 Å². The predicted molar refractivity (Wildman–Crippen MR) is 143 cm³/mol. The molecule has 8 nitrogen and oxygen atoms in total. The van der Waals surface area contributed by atoms with Crippen molar-refractivity contribution in [1.82, 2.24) is 24.8 Å². The number of piperazine rings is 1. The third-order valence-corrected chi connectivity index (χ3v) is 7.94. The van der Waals surface area contributed by atoms with E-state index in [1.54, 1.807) is 11.3 Å². The van der Waals surface area contributed by atoms with Crippen LogP contribution in [0, 0.1) is 5.92 Å². The molecule has 1 N–H and O–H groups in total. The van der Waals surface area contributed by atoms with Crippen molar-refractivity contribution < 1.29 is 4.79 Å². The van der Waals surface area contributed by atoms with E-state index in [0.717, 1.165) is 41.8 Å². The second-order valence-corrected chi connectivity index (χ2v) is 11.5. The molecular formula is C25H33N7OS2. The fourth-order valence-electron chi connectivity index (χ4n) is 3.49. The zero-order valence-electron chi connectivity index (χ0n) is 21.0. The van der Waals surface area contributed by atoms with Crippen molar-refractivity contribution in [2.24, 2.45) is 5.92 Å². The molecule has 0 bridgehead atoms. The molecule has 0 radical (unpaired) electrons. The molecule has 1 aliphatic rings. The highest BCUT2D eigenvalue weighted by Crippen LogP contribution is 2.30. The molecule has 186 valence electrons. The van der Waals surface area contributed by atoms with E-state index >= 15 is 0 Å². The van der Waals surface area contributed by atoms with Crippen LogP contribution in [0.3, 0.4) is 0 Å². The molecular weight excluding hydrogens is 478 g/mol. The van der Waals surface area contributed by atoms with Gasteiger partial charge in [0.15, 0.2) is 10.3 Å². The number of anilines is 3. The van der Waals surface area contributed by atoms with Gasteiger partial charge in [-0.15, -0.1) is 11.3 Å². The van der Waals surface area contributed by atoms with Crippen LogP contribution in [0.25, 0.3) is 0 Å². The number of hydrogen-bond donors (Lipinski definition) is 1. The molecule has 3 heterocycles. The first kappa shape index (κ1) is 25.5. The van der Waals surface area contributed by atoms with E-state index in [9.17, 15) is 4.79 Å². The van der Waals surface area contributed by atoms with Crippen molar-refractivity contribution in [3.05, 3.63) is 40.9 Å². The predicted octanol–water partition coefficient (Wildman–Crippen LogP) is 4.87. The average molecular weight is 512 g/mol. The summed E-state index contributed by atoms with van der Waals surface area (Å²) in [6.45, 7) is 11.9. The summed E-state index contributed by atoms with van der Waals surface area (Å²) >= 11 is 3.11. The molecule has 0 aliphatic carbocycles. The highest BCUT2D eigenvalue weighted by atomic mass is 32.2. The van der Waals surface area contributed by atoms with Gasteiger partial charge in [0.25, 0.3) is 0 Å². The summed E-state index contributed by atoms with van der Waals surface area (Å²) in [4.78, 5) is 37.5. The van der Waals surface area contributed by atoms with Gasteiger partial charge in [0.2, 0.25) is 11.9 Å². The molecule has 1 saturated heterocycles. The van der Waals surface area contributed by atoms with Gasteiger partial charge >= 0.3 is 0 Å². The lowest BCUT2D eigenvalue weighted by atomic mass is 10.0. The smallest absolute Gasteiger partial charge is 0.234 e. The van der Waals surface area contributed by atoms with E-state index in [0.29, 0.717) is 29.4 Å². The molecule has 1 fully saturated rings. The molecule has 35 heavy (non-hydrogen) atoms. The summed E-state index contributed by atoms with van der Waals surface area (Å²) in [5, 5.41) is 4.70. The first-order valence-corrected chi connectivity index (χ1v) is 13.6. The van der Waals surface area contributed by atoms with Gasteiger partial charge < -0.3 is 9.80 Å². The number of benzene rings is 1. The minimum absolute atomic E-state index is 0.0441. The number of thiazole rings is 1. The highest BCUT2D eigenvalue weighted by Gasteiger charge is 2.20. The molecule has 3 aromatic rings. The van der Waals surface area contributed by atoms with Crippen molar-refractivity contribution in [3.8, 4) is 0 Å². The Morgan fingerprint density at radius 1 is 1.06 bits per heavy atom. The first-order chi connectivity index (χ1) is 16.8. The lowest BCUT2D eigenvalue weighted by Crippen LogP contribution is -2.45. The Balaban J connectivity index is 1.55. The molecule has 1 aromatic carbocycles. The van der Waals surface area contributed by atoms with E-state index < -0.39 is 0 Å². The Kier molecular flexibility index (Phi) is 8.35. The van der Waals surface area contributed by atoms with Crippen molar-refractivity contribution in [2.45, 2.75) is 50.1 Å². The zero-order valence-corrected chi connectivity index (χ0v) is 22.6. The highest BCUT2D eigenvalue weighted by molar-refractivity contribution is 7.99. The van der Waals surface area contributed by atoms with Crippen LogP contribution in [0.2, 0.25) is 0 Å². The van der Waals surface area contributed by atoms with Gasteiger partial charge in [-0.2, -0.15) is 15.0 Å². The Bertz CT molecular complexity index is 1140. The Morgan fingerprint density at radius 2 is 1.77 bits per heavy atom. The number of Topliss-reactive ketones (excluding diaryl/α,β-unsaturated/α-hetero) is 1.